The van der Waals surface area contributed by atoms with Gasteiger partial charge in [0.05, 0.1) is 0 Å². The summed E-state index contributed by atoms with van der Waals surface area (Å²) in [5.74, 6) is -0.00267. The van der Waals surface area contributed by atoms with E-state index >= 15 is 0 Å². The van der Waals surface area contributed by atoms with Gasteiger partial charge in [0.1, 0.15) is 0 Å². The summed E-state index contributed by atoms with van der Waals surface area (Å²) in [5, 5.41) is 0. The van der Waals surface area contributed by atoms with Crippen molar-refractivity contribution < 1.29 is 4.79 Å². The van der Waals surface area contributed by atoms with Gasteiger partial charge in [-0.2, -0.15) is 0 Å². The van der Waals surface area contributed by atoms with Crippen molar-refractivity contribution in [3.8, 4) is 11.1 Å². The molecule has 0 atom stereocenters. The molecule has 2 heteroatoms. The lowest BCUT2D eigenvalue weighted by molar-refractivity contribution is 0.101. The maximum Gasteiger partial charge on any atom is 0.161 e. The fraction of sp³-hybridized carbons (Fsp3) is 0.0714. The lowest BCUT2D eigenvalue weighted by atomic mass is 10.0. The van der Waals surface area contributed by atoms with Gasteiger partial charge in [0.15, 0.2) is 5.78 Å². The van der Waals surface area contributed by atoms with Crippen molar-refractivity contribution in [2.75, 3.05) is 5.73 Å². The molecule has 2 N–H and O–H groups in total. The monoisotopic (exact) mass is 211 g/mol. The predicted molar refractivity (Wildman–Crippen MR) is 66.3 cm³/mol. The van der Waals surface area contributed by atoms with Crippen molar-refractivity contribution in [1.29, 1.82) is 0 Å². The zero-order chi connectivity index (χ0) is 11.5. The topological polar surface area (TPSA) is 43.1 Å². The Morgan fingerprint density at radius 1 is 1.00 bits per heavy atom. The molecule has 0 spiro atoms. The summed E-state index contributed by atoms with van der Waals surface area (Å²) in [5.41, 5.74) is 9.09. The first-order valence-electron chi connectivity index (χ1n) is 5.14. The standard InChI is InChI=1S/C14H13NO/c1-10(16)13-8-7-12(9-14(13)15)11-5-3-2-4-6-11/h2-9H,15H2,1H3. The maximum absolute atomic E-state index is 11.2. The number of carbonyl (C=O) groups is 1. The molecular formula is C14H13NO. The Bertz CT molecular complexity index is 518. The molecular weight excluding hydrogens is 198 g/mol. The van der Waals surface area contributed by atoms with Crippen LogP contribution in [0.4, 0.5) is 5.69 Å². The first-order valence-corrected chi connectivity index (χ1v) is 5.14. The van der Waals surface area contributed by atoms with Gasteiger partial charge in [0.25, 0.3) is 0 Å². The number of rotatable bonds is 2. The highest BCUT2D eigenvalue weighted by molar-refractivity contribution is 5.99. The molecule has 80 valence electrons. The van der Waals surface area contributed by atoms with Crippen molar-refractivity contribution in [1.82, 2.24) is 0 Å². The number of nitrogen functional groups attached to an aromatic ring is 1. The lowest BCUT2D eigenvalue weighted by Gasteiger charge is -2.06. The van der Waals surface area contributed by atoms with Crippen molar-refractivity contribution in [3.63, 3.8) is 0 Å². The third-order valence-electron chi connectivity index (χ3n) is 2.54. The fourth-order valence-electron chi connectivity index (χ4n) is 1.69. The van der Waals surface area contributed by atoms with E-state index in [1.165, 1.54) is 6.92 Å². The van der Waals surface area contributed by atoms with E-state index in [1.54, 1.807) is 6.07 Å². The minimum atomic E-state index is -0.00267. The van der Waals surface area contributed by atoms with Gasteiger partial charge in [0.2, 0.25) is 0 Å². The van der Waals surface area contributed by atoms with Crippen LogP contribution in [0.5, 0.6) is 0 Å². The molecule has 0 saturated heterocycles. The van der Waals surface area contributed by atoms with Crippen LogP contribution >= 0.6 is 0 Å². The highest BCUT2D eigenvalue weighted by Gasteiger charge is 2.05. The summed E-state index contributed by atoms with van der Waals surface area (Å²) < 4.78 is 0. The molecule has 0 fully saturated rings. The highest BCUT2D eigenvalue weighted by Crippen LogP contribution is 2.23. The Morgan fingerprint density at radius 2 is 1.69 bits per heavy atom. The van der Waals surface area contributed by atoms with Crippen LogP contribution in [0.2, 0.25) is 0 Å². The largest absolute Gasteiger partial charge is 0.398 e. The molecule has 0 amide bonds. The van der Waals surface area contributed by atoms with Crippen LogP contribution in [-0.2, 0) is 0 Å². The first kappa shape index (κ1) is 10.4. The molecule has 2 aromatic rings. The van der Waals surface area contributed by atoms with Crippen LogP contribution < -0.4 is 5.73 Å². The Labute approximate surface area is 94.7 Å². The zero-order valence-electron chi connectivity index (χ0n) is 9.10. The summed E-state index contributed by atoms with van der Waals surface area (Å²) in [6.07, 6.45) is 0. The average molecular weight is 211 g/mol. The van der Waals surface area contributed by atoms with Gasteiger partial charge in [-0.15, -0.1) is 0 Å². The van der Waals surface area contributed by atoms with Crippen LogP contribution in [0.25, 0.3) is 11.1 Å². The smallest absolute Gasteiger partial charge is 0.161 e. The molecule has 0 aliphatic rings. The molecule has 2 aromatic carbocycles. The Morgan fingerprint density at radius 3 is 2.25 bits per heavy atom. The summed E-state index contributed by atoms with van der Waals surface area (Å²) in [7, 11) is 0. The molecule has 2 nitrogen and oxygen atoms in total. The van der Waals surface area contributed by atoms with E-state index in [9.17, 15) is 4.79 Å². The number of hydrogen-bond acceptors (Lipinski definition) is 2. The van der Waals surface area contributed by atoms with Crippen molar-refractivity contribution in [2.45, 2.75) is 6.92 Å². The van der Waals surface area contributed by atoms with Gasteiger partial charge in [-0.25, -0.2) is 0 Å². The van der Waals surface area contributed by atoms with Crippen molar-refractivity contribution >= 4 is 11.5 Å². The normalized spacial score (nSPS) is 10.1. The summed E-state index contributed by atoms with van der Waals surface area (Å²) in [6, 6.07) is 15.5. The summed E-state index contributed by atoms with van der Waals surface area (Å²) >= 11 is 0. The van der Waals surface area contributed by atoms with E-state index < -0.39 is 0 Å². The van der Waals surface area contributed by atoms with E-state index in [0.717, 1.165) is 11.1 Å². The average Bonchev–Trinajstić information content (AvgIpc) is 2.29. The molecule has 0 aliphatic heterocycles. The van der Waals surface area contributed by atoms with Crippen molar-refractivity contribution in [2.24, 2.45) is 0 Å². The first-order chi connectivity index (χ1) is 7.68. The lowest BCUT2D eigenvalue weighted by Crippen LogP contribution is -1.99. The van der Waals surface area contributed by atoms with Gasteiger partial charge in [-0.05, 0) is 30.2 Å². The maximum atomic E-state index is 11.2. The van der Waals surface area contributed by atoms with Crippen LogP contribution in [0.3, 0.4) is 0 Å². The second-order valence-electron chi connectivity index (χ2n) is 3.72. The van der Waals surface area contributed by atoms with E-state index in [0.29, 0.717) is 11.3 Å². The van der Waals surface area contributed by atoms with Gasteiger partial charge < -0.3 is 5.73 Å². The second kappa shape index (κ2) is 4.19. The number of benzene rings is 2. The minimum Gasteiger partial charge on any atom is -0.398 e. The minimum absolute atomic E-state index is 0.00267. The second-order valence-corrected chi connectivity index (χ2v) is 3.72. The Balaban J connectivity index is 2.46. The molecule has 0 heterocycles. The quantitative estimate of drug-likeness (QED) is 0.612. The molecule has 0 saturated carbocycles. The van der Waals surface area contributed by atoms with Gasteiger partial charge in [-0.3, -0.25) is 4.79 Å². The summed E-state index contributed by atoms with van der Waals surface area (Å²) in [4.78, 5) is 11.2. The van der Waals surface area contributed by atoms with Crippen LogP contribution in [-0.4, -0.2) is 5.78 Å². The number of anilines is 1. The van der Waals surface area contributed by atoms with E-state index in [-0.39, 0.29) is 5.78 Å². The van der Waals surface area contributed by atoms with Gasteiger partial charge in [0, 0.05) is 11.3 Å². The predicted octanol–water partition coefficient (Wildman–Crippen LogP) is 3.14. The van der Waals surface area contributed by atoms with Gasteiger partial charge >= 0.3 is 0 Å². The highest BCUT2D eigenvalue weighted by atomic mass is 16.1. The zero-order valence-corrected chi connectivity index (χ0v) is 9.10. The van der Waals surface area contributed by atoms with E-state index in [1.807, 2.05) is 42.5 Å². The fourth-order valence-corrected chi connectivity index (χ4v) is 1.69. The number of carbonyl (C=O) groups excluding carboxylic acids is 1. The molecule has 0 unspecified atom stereocenters. The molecule has 0 bridgehead atoms. The number of nitrogens with two attached hydrogens (primary N) is 1. The third-order valence-corrected chi connectivity index (χ3v) is 2.54. The number of ketones is 1. The summed E-state index contributed by atoms with van der Waals surface area (Å²) in [6.45, 7) is 1.52. The number of Topliss-reactive ketones (excluding diaryl/α,β-unsaturated/α-hetero) is 1. The molecule has 0 aromatic heterocycles. The van der Waals surface area contributed by atoms with Crippen LogP contribution in [0, 0.1) is 0 Å². The molecule has 2 rings (SSSR count). The Hall–Kier alpha value is -2.09. The molecule has 0 radical (unpaired) electrons. The van der Waals surface area contributed by atoms with E-state index in [4.69, 9.17) is 5.73 Å². The SMILES string of the molecule is CC(=O)c1ccc(-c2ccccc2)cc1N. The van der Waals surface area contributed by atoms with Crippen LogP contribution in [0.1, 0.15) is 17.3 Å². The van der Waals surface area contributed by atoms with Gasteiger partial charge in [-0.1, -0.05) is 36.4 Å². The van der Waals surface area contributed by atoms with Crippen LogP contribution in [0.15, 0.2) is 48.5 Å². The Kier molecular flexibility index (Phi) is 2.73. The number of hydrogen-bond donors (Lipinski definition) is 1. The van der Waals surface area contributed by atoms with E-state index in [2.05, 4.69) is 0 Å². The molecule has 16 heavy (non-hydrogen) atoms. The van der Waals surface area contributed by atoms with Crippen molar-refractivity contribution in [3.05, 3.63) is 54.1 Å². The molecule has 0 aliphatic carbocycles. The third kappa shape index (κ3) is 1.96.